The number of nitrogens with zero attached hydrogens (tertiary/aromatic N) is 1. The summed E-state index contributed by atoms with van der Waals surface area (Å²) in [6.07, 6.45) is 6.56. The van der Waals surface area contributed by atoms with Crippen LogP contribution in [0.1, 0.15) is 44.6 Å². The van der Waals surface area contributed by atoms with E-state index >= 15 is 0 Å². The third-order valence-corrected chi connectivity index (χ3v) is 6.02. The van der Waals surface area contributed by atoms with Gasteiger partial charge in [-0.25, -0.2) is 0 Å². The van der Waals surface area contributed by atoms with Crippen molar-refractivity contribution >= 4 is 46.2 Å². The monoisotopic (exact) mass is 404 g/mol. The number of rotatable bonds is 7. The first kappa shape index (κ1) is 19.9. The molecule has 0 unspecified atom stereocenters. The van der Waals surface area contributed by atoms with Gasteiger partial charge >= 0.3 is 0 Å². The van der Waals surface area contributed by atoms with Gasteiger partial charge in [-0.15, -0.1) is 0 Å². The molecule has 1 heterocycles. The van der Waals surface area contributed by atoms with Gasteiger partial charge in [-0.2, -0.15) is 0 Å². The Labute approximate surface area is 169 Å². The van der Waals surface area contributed by atoms with Crippen molar-refractivity contribution in [2.75, 3.05) is 13.2 Å². The van der Waals surface area contributed by atoms with Crippen molar-refractivity contribution in [1.82, 2.24) is 10.2 Å². The number of thioether (sulfide) groups is 1. The minimum absolute atomic E-state index is 0.00792. The standard InChI is InChI=1S/C20H24N2O3S2/c1-2-25-16-9-7-14(8-10-16)13-17-19(24)22(20(26)27-17)12-11-18(23)21-15-5-3-4-6-15/h7-10,13,15H,2-6,11-12H2,1H3,(H,21,23). The molecule has 2 aliphatic rings. The van der Waals surface area contributed by atoms with Gasteiger partial charge in [0.2, 0.25) is 5.91 Å². The molecule has 0 aromatic heterocycles. The van der Waals surface area contributed by atoms with Gasteiger partial charge in [-0.1, -0.05) is 49.0 Å². The van der Waals surface area contributed by atoms with Crippen LogP contribution in [0.15, 0.2) is 29.2 Å². The van der Waals surface area contributed by atoms with E-state index in [2.05, 4.69) is 5.32 Å². The summed E-state index contributed by atoms with van der Waals surface area (Å²) in [5, 5.41) is 3.05. The molecule has 1 aromatic rings. The van der Waals surface area contributed by atoms with Crippen LogP contribution in [-0.4, -0.2) is 40.2 Å². The van der Waals surface area contributed by atoms with Crippen molar-refractivity contribution < 1.29 is 14.3 Å². The van der Waals surface area contributed by atoms with Crippen LogP contribution in [0, 0.1) is 0 Å². The van der Waals surface area contributed by atoms with Gasteiger partial charge in [0.1, 0.15) is 10.1 Å². The van der Waals surface area contributed by atoms with Gasteiger partial charge in [0.15, 0.2) is 0 Å². The zero-order valence-corrected chi connectivity index (χ0v) is 17.0. The fourth-order valence-corrected chi connectivity index (χ4v) is 4.56. The number of hydrogen-bond donors (Lipinski definition) is 1. The first-order valence-electron chi connectivity index (χ1n) is 9.34. The number of hydrogen-bond acceptors (Lipinski definition) is 5. The highest BCUT2D eigenvalue weighted by atomic mass is 32.2. The number of benzene rings is 1. The Kier molecular flexibility index (Phi) is 6.90. The highest BCUT2D eigenvalue weighted by Gasteiger charge is 2.32. The molecule has 7 heteroatoms. The topological polar surface area (TPSA) is 58.6 Å². The lowest BCUT2D eigenvalue weighted by Crippen LogP contribution is -2.37. The lowest BCUT2D eigenvalue weighted by atomic mass is 10.2. The quantitative estimate of drug-likeness (QED) is 0.554. The van der Waals surface area contributed by atoms with E-state index in [9.17, 15) is 9.59 Å². The Balaban J connectivity index is 1.56. The van der Waals surface area contributed by atoms with Crippen LogP contribution in [0.25, 0.3) is 6.08 Å². The summed E-state index contributed by atoms with van der Waals surface area (Å²) in [5.41, 5.74) is 0.915. The molecule has 1 aromatic carbocycles. The molecule has 1 saturated heterocycles. The molecule has 0 radical (unpaired) electrons. The molecule has 27 heavy (non-hydrogen) atoms. The Hall–Kier alpha value is -1.86. The van der Waals surface area contributed by atoms with E-state index in [0.29, 0.717) is 28.4 Å². The molecule has 0 bridgehead atoms. The van der Waals surface area contributed by atoms with E-state index < -0.39 is 0 Å². The molecule has 144 valence electrons. The van der Waals surface area contributed by atoms with Gasteiger partial charge < -0.3 is 10.1 Å². The Morgan fingerprint density at radius 3 is 2.70 bits per heavy atom. The summed E-state index contributed by atoms with van der Waals surface area (Å²) in [7, 11) is 0. The minimum atomic E-state index is -0.132. The molecule has 2 amide bonds. The highest BCUT2D eigenvalue weighted by molar-refractivity contribution is 8.26. The smallest absolute Gasteiger partial charge is 0.266 e. The van der Waals surface area contributed by atoms with E-state index in [-0.39, 0.29) is 18.2 Å². The Bertz CT molecular complexity index is 740. The predicted molar refractivity (Wildman–Crippen MR) is 113 cm³/mol. The summed E-state index contributed by atoms with van der Waals surface area (Å²) in [6, 6.07) is 7.87. The lowest BCUT2D eigenvalue weighted by Gasteiger charge is -2.16. The van der Waals surface area contributed by atoms with E-state index in [4.69, 9.17) is 17.0 Å². The second-order valence-electron chi connectivity index (χ2n) is 6.63. The fourth-order valence-electron chi connectivity index (χ4n) is 3.25. The maximum atomic E-state index is 12.6. The molecular weight excluding hydrogens is 380 g/mol. The average molecular weight is 405 g/mol. The zero-order chi connectivity index (χ0) is 19.2. The molecular formula is C20H24N2O3S2. The first-order valence-corrected chi connectivity index (χ1v) is 10.6. The number of carbonyl (C=O) groups is 2. The SMILES string of the molecule is CCOc1ccc(C=C2SC(=S)N(CCC(=O)NC3CCCC3)C2=O)cc1. The number of ether oxygens (including phenoxy) is 1. The molecule has 1 aliphatic carbocycles. The van der Waals surface area contributed by atoms with Crippen LogP contribution in [0.2, 0.25) is 0 Å². The molecule has 0 atom stereocenters. The van der Waals surface area contributed by atoms with E-state index in [1.54, 1.807) is 0 Å². The molecule has 1 N–H and O–H groups in total. The number of nitrogens with one attached hydrogen (secondary N) is 1. The maximum absolute atomic E-state index is 12.6. The predicted octanol–water partition coefficient (Wildman–Crippen LogP) is 3.74. The summed E-state index contributed by atoms with van der Waals surface area (Å²) in [4.78, 5) is 26.8. The van der Waals surface area contributed by atoms with Crippen molar-refractivity contribution in [3.8, 4) is 5.75 Å². The second kappa shape index (κ2) is 9.37. The molecule has 1 aliphatic heterocycles. The Morgan fingerprint density at radius 2 is 2.04 bits per heavy atom. The van der Waals surface area contributed by atoms with Crippen LogP contribution in [0.3, 0.4) is 0 Å². The number of thiocarbonyl (C=S) groups is 1. The van der Waals surface area contributed by atoms with Gasteiger partial charge in [-0.05, 0) is 43.5 Å². The largest absolute Gasteiger partial charge is 0.494 e. The lowest BCUT2D eigenvalue weighted by molar-refractivity contribution is -0.124. The van der Waals surface area contributed by atoms with Gasteiger partial charge in [-0.3, -0.25) is 14.5 Å². The zero-order valence-electron chi connectivity index (χ0n) is 15.4. The summed E-state index contributed by atoms with van der Waals surface area (Å²) in [6.45, 7) is 2.88. The van der Waals surface area contributed by atoms with Crippen molar-refractivity contribution in [3.05, 3.63) is 34.7 Å². The summed E-state index contributed by atoms with van der Waals surface area (Å²) >= 11 is 6.62. The Morgan fingerprint density at radius 1 is 1.33 bits per heavy atom. The van der Waals surface area contributed by atoms with Crippen molar-refractivity contribution in [3.63, 3.8) is 0 Å². The third-order valence-electron chi connectivity index (χ3n) is 4.65. The average Bonchev–Trinajstić information content (AvgIpc) is 3.24. The van der Waals surface area contributed by atoms with Crippen LogP contribution in [0.4, 0.5) is 0 Å². The molecule has 5 nitrogen and oxygen atoms in total. The van der Waals surface area contributed by atoms with Crippen LogP contribution in [-0.2, 0) is 9.59 Å². The summed E-state index contributed by atoms with van der Waals surface area (Å²) in [5.74, 6) is 0.662. The van der Waals surface area contributed by atoms with E-state index in [0.717, 1.165) is 24.2 Å². The van der Waals surface area contributed by atoms with Crippen LogP contribution >= 0.6 is 24.0 Å². The normalized spacial score (nSPS) is 19.1. The van der Waals surface area contributed by atoms with Gasteiger partial charge in [0.25, 0.3) is 5.91 Å². The van der Waals surface area contributed by atoms with E-state index in [1.165, 1.54) is 29.5 Å². The highest BCUT2D eigenvalue weighted by Crippen LogP contribution is 2.32. The number of carbonyl (C=O) groups excluding carboxylic acids is 2. The van der Waals surface area contributed by atoms with Crippen LogP contribution in [0.5, 0.6) is 5.75 Å². The molecule has 2 fully saturated rings. The molecule has 3 rings (SSSR count). The fraction of sp³-hybridized carbons (Fsp3) is 0.450. The maximum Gasteiger partial charge on any atom is 0.266 e. The molecule has 1 saturated carbocycles. The van der Waals surface area contributed by atoms with Gasteiger partial charge in [0, 0.05) is 19.0 Å². The second-order valence-corrected chi connectivity index (χ2v) is 8.31. The van der Waals surface area contributed by atoms with Crippen LogP contribution < -0.4 is 10.1 Å². The van der Waals surface area contributed by atoms with E-state index in [1.807, 2.05) is 37.3 Å². The number of amides is 2. The van der Waals surface area contributed by atoms with Gasteiger partial charge in [0.05, 0.1) is 11.5 Å². The summed E-state index contributed by atoms with van der Waals surface area (Å²) < 4.78 is 5.93. The molecule has 0 spiro atoms. The first-order chi connectivity index (χ1) is 13.1. The third kappa shape index (κ3) is 5.32. The van der Waals surface area contributed by atoms with Crippen molar-refractivity contribution in [1.29, 1.82) is 0 Å². The van der Waals surface area contributed by atoms with Crippen molar-refractivity contribution in [2.24, 2.45) is 0 Å². The van der Waals surface area contributed by atoms with Crippen molar-refractivity contribution in [2.45, 2.75) is 45.1 Å². The minimum Gasteiger partial charge on any atom is -0.494 e.